The number of hydrogen-bond donors (Lipinski definition) is 2. The van der Waals surface area contributed by atoms with Crippen LogP contribution in [0.1, 0.15) is 12.0 Å². The van der Waals surface area contributed by atoms with Crippen molar-refractivity contribution >= 4 is 29.1 Å². The Labute approximate surface area is 175 Å². The van der Waals surface area contributed by atoms with Crippen molar-refractivity contribution in [2.45, 2.75) is 19.0 Å². The van der Waals surface area contributed by atoms with Gasteiger partial charge in [0, 0.05) is 24.3 Å². The van der Waals surface area contributed by atoms with Crippen LogP contribution in [-0.4, -0.2) is 37.0 Å². The zero-order valence-corrected chi connectivity index (χ0v) is 16.2. The predicted octanol–water partition coefficient (Wildman–Crippen LogP) is 3.04. The van der Waals surface area contributed by atoms with Gasteiger partial charge in [0.15, 0.2) is 0 Å². The Morgan fingerprint density at radius 2 is 1.68 bits per heavy atom. The van der Waals surface area contributed by atoms with Crippen molar-refractivity contribution in [2.24, 2.45) is 5.92 Å². The van der Waals surface area contributed by atoms with E-state index in [-0.39, 0.29) is 31.2 Å². The Kier molecular flexibility index (Phi) is 6.57. The number of carbonyl (C=O) groups is 3. The van der Waals surface area contributed by atoms with E-state index >= 15 is 0 Å². The Bertz CT molecular complexity index is 959. The van der Waals surface area contributed by atoms with E-state index in [2.05, 4.69) is 5.32 Å². The molecule has 3 amide bonds. The number of nitrogens with one attached hydrogen (secondary N) is 2. The molecule has 10 heteroatoms. The second kappa shape index (κ2) is 9.15. The van der Waals surface area contributed by atoms with Gasteiger partial charge in [0.2, 0.25) is 17.7 Å². The highest BCUT2D eigenvalue weighted by molar-refractivity contribution is 6.03. The van der Waals surface area contributed by atoms with Gasteiger partial charge < -0.3 is 15.5 Å². The molecular weight excluding hydrogens is 418 g/mol. The van der Waals surface area contributed by atoms with Crippen LogP contribution in [0.15, 0.2) is 48.5 Å². The van der Waals surface area contributed by atoms with Gasteiger partial charge in [-0.25, -0.2) is 4.39 Å². The van der Waals surface area contributed by atoms with Gasteiger partial charge in [0.25, 0.3) is 0 Å². The quantitative estimate of drug-likeness (QED) is 0.682. The molecule has 1 aliphatic heterocycles. The van der Waals surface area contributed by atoms with Gasteiger partial charge in [-0.15, -0.1) is 0 Å². The first-order valence-corrected chi connectivity index (χ1v) is 9.40. The molecule has 0 saturated carbocycles. The van der Waals surface area contributed by atoms with Gasteiger partial charge in [-0.05, 0) is 42.0 Å². The third kappa shape index (κ3) is 6.27. The summed E-state index contributed by atoms with van der Waals surface area (Å²) < 4.78 is 49.4. The van der Waals surface area contributed by atoms with Crippen LogP contribution in [0.3, 0.4) is 0 Å². The van der Waals surface area contributed by atoms with E-state index < -0.39 is 30.4 Å². The molecule has 1 unspecified atom stereocenters. The lowest BCUT2D eigenvalue weighted by Gasteiger charge is -2.16. The van der Waals surface area contributed by atoms with Crippen molar-refractivity contribution in [1.82, 2.24) is 5.32 Å². The summed E-state index contributed by atoms with van der Waals surface area (Å²) >= 11 is 0. The molecule has 1 aliphatic rings. The van der Waals surface area contributed by atoms with Gasteiger partial charge >= 0.3 is 6.18 Å². The third-order valence-corrected chi connectivity index (χ3v) is 4.71. The smallest absolute Gasteiger partial charge is 0.347 e. The van der Waals surface area contributed by atoms with Crippen molar-refractivity contribution in [1.29, 1.82) is 0 Å². The highest BCUT2D eigenvalue weighted by atomic mass is 19.4. The summed E-state index contributed by atoms with van der Waals surface area (Å²) in [5.74, 6) is -2.39. The first-order chi connectivity index (χ1) is 14.6. The number of carbonyl (C=O) groups excluding carboxylic acids is 3. The van der Waals surface area contributed by atoms with Gasteiger partial charge in [-0.3, -0.25) is 14.4 Å². The van der Waals surface area contributed by atoms with Crippen LogP contribution < -0.4 is 15.5 Å². The molecule has 164 valence electrons. The van der Waals surface area contributed by atoms with Gasteiger partial charge in [-0.2, -0.15) is 13.2 Å². The van der Waals surface area contributed by atoms with E-state index in [9.17, 15) is 31.9 Å². The average molecular weight is 437 g/mol. The SMILES string of the molecule is O=C(Cc1ccc(NC(=O)C2CC(=O)N(c3ccc(F)cc3)C2)cc1)NCC(F)(F)F. The molecule has 3 rings (SSSR count). The van der Waals surface area contributed by atoms with Gasteiger partial charge in [0.05, 0.1) is 12.3 Å². The summed E-state index contributed by atoms with van der Waals surface area (Å²) in [6, 6.07) is 11.5. The Morgan fingerprint density at radius 1 is 1.03 bits per heavy atom. The van der Waals surface area contributed by atoms with Gasteiger partial charge in [0.1, 0.15) is 12.4 Å². The van der Waals surface area contributed by atoms with Crippen LogP contribution in [0.25, 0.3) is 0 Å². The van der Waals surface area contributed by atoms with Gasteiger partial charge in [-0.1, -0.05) is 12.1 Å². The van der Waals surface area contributed by atoms with E-state index in [0.717, 1.165) is 0 Å². The molecule has 31 heavy (non-hydrogen) atoms. The monoisotopic (exact) mass is 437 g/mol. The summed E-state index contributed by atoms with van der Waals surface area (Å²) in [4.78, 5) is 37.7. The van der Waals surface area contributed by atoms with Crippen molar-refractivity contribution in [3.05, 3.63) is 59.9 Å². The van der Waals surface area contributed by atoms with Crippen LogP contribution in [-0.2, 0) is 20.8 Å². The third-order valence-electron chi connectivity index (χ3n) is 4.71. The maximum Gasteiger partial charge on any atom is 0.405 e. The summed E-state index contributed by atoms with van der Waals surface area (Å²) in [6.45, 7) is -1.23. The number of benzene rings is 2. The molecule has 2 N–H and O–H groups in total. The number of anilines is 2. The summed E-state index contributed by atoms with van der Waals surface area (Å²) in [6.07, 6.45) is -4.69. The zero-order chi connectivity index (χ0) is 22.6. The number of hydrogen-bond acceptors (Lipinski definition) is 3. The maximum atomic E-state index is 13.1. The van der Waals surface area contributed by atoms with Crippen LogP contribution in [0.2, 0.25) is 0 Å². The Hall–Kier alpha value is -3.43. The largest absolute Gasteiger partial charge is 0.405 e. The van der Waals surface area contributed by atoms with Crippen molar-refractivity contribution in [3.8, 4) is 0 Å². The molecule has 1 saturated heterocycles. The lowest BCUT2D eigenvalue weighted by Crippen LogP contribution is -2.34. The van der Waals surface area contributed by atoms with Crippen LogP contribution >= 0.6 is 0 Å². The molecule has 0 aliphatic carbocycles. The van der Waals surface area contributed by atoms with E-state index in [4.69, 9.17) is 0 Å². The van der Waals surface area contributed by atoms with Crippen LogP contribution in [0, 0.1) is 11.7 Å². The Balaban J connectivity index is 1.53. The lowest BCUT2D eigenvalue weighted by atomic mass is 10.1. The number of halogens is 4. The number of rotatable bonds is 6. The molecule has 1 heterocycles. The lowest BCUT2D eigenvalue weighted by molar-refractivity contribution is -0.138. The maximum absolute atomic E-state index is 13.1. The number of alkyl halides is 3. The molecule has 0 aromatic heterocycles. The fourth-order valence-electron chi connectivity index (χ4n) is 3.15. The highest BCUT2D eigenvalue weighted by Crippen LogP contribution is 2.26. The highest BCUT2D eigenvalue weighted by Gasteiger charge is 2.35. The number of nitrogens with zero attached hydrogens (tertiary/aromatic N) is 1. The molecule has 6 nitrogen and oxygen atoms in total. The molecule has 1 atom stereocenters. The topological polar surface area (TPSA) is 78.5 Å². The number of amides is 3. The van der Waals surface area contributed by atoms with Crippen molar-refractivity contribution in [3.63, 3.8) is 0 Å². The fraction of sp³-hybridized carbons (Fsp3) is 0.286. The fourth-order valence-corrected chi connectivity index (χ4v) is 3.15. The second-order valence-electron chi connectivity index (χ2n) is 7.14. The van der Waals surface area contributed by atoms with E-state index in [1.165, 1.54) is 53.4 Å². The van der Waals surface area contributed by atoms with E-state index in [0.29, 0.717) is 16.9 Å². The Morgan fingerprint density at radius 3 is 2.29 bits per heavy atom. The molecule has 0 radical (unpaired) electrons. The molecule has 1 fully saturated rings. The van der Waals surface area contributed by atoms with Crippen LogP contribution in [0.4, 0.5) is 28.9 Å². The average Bonchev–Trinajstić information content (AvgIpc) is 3.10. The first kappa shape index (κ1) is 22.3. The van der Waals surface area contributed by atoms with Crippen molar-refractivity contribution in [2.75, 3.05) is 23.3 Å². The standard InChI is InChI=1S/C21H19F4N3O3/c22-15-3-7-17(8-4-15)28-11-14(10-19(28)30)20(31)27-16-5-1-13(2-6-16)9-18(29)26-12-21(23,24)25/h1-8,14H,9-12H2,(H,26,29)(H,27,31). The minimum absolute atomic E-state index is 0.0146. The van der Waals surface area contributed by atoms with Crippen molar-refractivity contribution < 1.29 is 31.9 Å². The summed E-state index contributed by atoms with van der Waals surface area (Å²) in [7, 11) is 0. The molecule has 2 aromatic carbocycles. The predicted molar refractivity (Wildman–Crippen MR) is 105 cm³/mol. The minimum Gasteiger partial charge on any atom is -0.347 e. The van der Waals surface area contributed by atoms with Crippen LogP contribution in [0.5, 0.6) is 0 Å². The molecule has 0 spiro atoms. The van der Waals surface area contributed by atoms with E-state index in [1.807, 2.05) is 0 Å². The molecule has 0 bridgehead atoms. The normalized spacial score (nSPS) is 16.3. The summed E-state index contributed by atoms with van der Waals surface area (Å²) in [5.41, 5.74) is 1.42. The second-order valence-corrected chi connectivity index (χ2v) is 7.14. The first-order valence-electron chi connectivity index (χ1n) is 9.40. The molecule has 2 aromatic rings. The summed E-state index contributed by atoms with van der Waals surface area (Å²) in [5, 5.41) is 4.47. The van der Waals surface area contributed by atoms with E-state index in [1.54, 1.807) is 5.32 Å². The minimum atomic E-state index is -4.47. The molecular formula is C21H19F4N3O3. The zero-order valence-electron chi connectivity index (χ0n) is 16.2.